The minimum absolute atomic E-state index is 0. The van der Waals surface area contributed by atoms with Crippen LogP contribution in [0.3, 0.4) is 0 Å². The molecule has 0 atom stereocenters. The molecule has 0 aliphatic carbocycles. The molecule has 6 nitrogen and oxygen atoms in total. The van der Waals surface area contributed by atoms with Crippen molar-refractivity contribution in [3.8, 4) is 0 Å². The summed E-state index contributed by atoms with van der Waals surface area (Å²) in [6.07, 6.45) is 1.16. The Labute approximate surface area is 200 Å². The molecule has 0 unspecified atom stereocenters. The van der Waals surface area contributed by atoms with E-state index >= 15 is 0 Å². The van der Waals surface area contributed by atoms with Gasteiger partial charge in [-0.15, -0.1) is 12.4 Å². The first-order valence-electron chi connectivity index (χ1n) is 10.4. The van der Waals surface area contributed by atoms with Crippen LogP contribution >= 0.6 is 23.7 Å². The van der Waals surface area contributed by atoms with E-state index in [0.717, 1.165) is 47.2 Å². The summed E-state index contributed by atoms with van der Waals surface area (Å²) in [4.78, 5) is 22.4. The number of halogens is 1. The number of aromatic nitrogens is 1. The lowest BCUT2D eigenvalue weighted by Gasteiger charge is -2.24. The summed E-state index contributed by atoms with van der Waals surface area (Å²) in [6.45, 7) is 11.3. The predicted molar refractivity (Wildman–Crippen MR) is 135 cm³/mol. The van der Waals surface area contributed by atoms with Crippen LogP contribution in [0.1, 0.15) is 35.3 Å². The van der Waals surface area contributed by atoms with E-state index in [9.17, 15) is 13.2 Å². The molecule has 0 fully saturated rings. The Bertz CT molecular complexity index is 1190. The fourth-order valence-electron chi connectivity index (χ4n) is 3.55. The van der Waals surface area contributed by atoms with Crippen LogP contribution in [0, 0.1) is 13.8 Å². The number of anilines is 1. The number of hydrogen-bond donors (Lipinski definition) is 0. The summed E-state index contributed by atoms with van der Waals surface area (Å²) in [6, 6.07) is 10.3. The summed E-state index contributed by atoms with van der Waals surface area (Å²) in [7, 11) is -3.31. The minimum Gasteiger partial charge on any atom is -0.302 e. The number of thiazole rings is 1. The van der Waals surface area contributed by atoms with E-state index in [-0.39, 0.29) is 23.2 Å². The molecule has 1 aromatic heterocycles. The maximum absolute atomic E-state index is 13.4. The smallest absolute Gasteiger partial charge is 0.260 e. The number of fused-ring (bicyclic) bond motifs is 1. The number of carbonyl (C=O) groups is 1. The molecule has 0 N–H and O–H groups in total. The molecule has 0 saturated carbocycles. The molecule has 0 bridgehead atoms. The number of hydrogen-bond acceptors (Lipinski definition) is 6. The highest BCUT2D eigenvalue weighted by Crippen LogP contribution is 2.33. The van der Waals surface area contributed by atoms with Crippen LogP contribution in [0.4, 0.5) is 5.13 Å². The largest absolute Gasteiger partial charge is 0.302 e. The predicted octanol–water partition coefficient (Wildman–Crippen LogP) is 4.73. The number of benzene rings is 2. The van der Waals surface area contributed by atoms with Gasteiger partial charge in [-0.25, -0.2) is 13.4 Å². The Morgan fingerprint density at radius 1 is 1.03 bits per heavy atom. The highest BCUT2D eigenvalue weighted by molar-refractivity contribution is 7.90. The van der Waals surface area contributed by atoms with E-state index in [0.29, 0.717) is 17.2 Å². The van der Waals surface area contributed by atoms with E-state index in [2.05, 4.69) is 31.7 Å². The van der Waals surface area contributed by atoms with Gasteiger partial charge in [0.2, 0.25) is 0 Å². The molecule has 32 heavy (non-hydrogen) atoms. The maximum Gasteiger partial charge on any atom is 0.260 e. The molecular formula is C23H30ClN3O3S2. The number of aryl methyl sites for hydroxylation is 2. The van der Waals surface area contributed by atoms with Gasteiger partial charge >= 0.3 is 0 Å². The van der Waals surface area contributed by atoms with Crippen LogP contribution in [0.5, 0.6) is 0 Å². The lowest BCUT2D eigenvalue weighted by molar-refractivity contribution is 0.0983. The van der Waals surface area contributed by atoms with Crippen molar-refractivity contribution in [1.82, 2.24) is 9.88 Å². The second-order valence-corrected chi connectivity index (χ2v) is 10.7. The Kier molecular flexibility index (Phi) is 8.82. The number of carbonyl (C=O) groups excluding carboxylic acids is 1. The Hall–Kier alpha value is -2.00. The average Bonchev–Trinajstić information content (AvgIpc) is 3.14. The molecule has 1 amide bonds. The highest BCUT2D eigenvalue weighted by atomic mass is 35.5. The van der Waals surface area contributed by atoms with Crippen molar-refractivity contribution in [3.05, 3.63) is 53.1 Å². The number of nitrogens with zero attached hydrogens (tertiary/aromatic N) is 3. The monoisotopic (exact) mass is 495 g/mol. The Morgan fingerprint density at radius 3 is 2.22 bits per heavy atom. The van der Waals surface area contributed by atoms with Gasteiger partial charge in [-0.1, -0.05) is 31.3 Å². The highest BCUT2D eigenvalue weighted by Gasteiger charge is 2.23. The van der Waals surface area contributed by atoms with E-state index in [1.807, 2.05) is 13.0 Å². The number of likely N-dealkylation sites (N-methyl/N-ethyl adjacent to an activating group) is 1. The van der Waals surface area contributed by atoms with Crippen LogP contribution < -0.4 is 4.90 Å². The fourth-order valence-corrected chi connectivity index (χ4v) is 5.22. The molecule has 3 aromatic rings. The Balaban J connectivity index is 0.00000363. The van der Waals surface area contributed by atoms with Gasteiger partial charge in [0.15, 0.2) is 15.0 Å². The summed E-state index contributed by atoms with van der Waals surface area (Å²) in [5.74, 6) is -0.180. The van der Waals surface area contributed by atoms with Crippen LogP contribution in [0.25, 0.3) is 10.2 Å². The topological polar surface area (TPSA) is 70.6 Å². The van der Waals surface area contributed by atoms with E-state index in [4.69, 9.17) is 4.98 Å². The number of rotatable bonds is 8. The van der Waals surface area contributed by atoms with Crippen LogP contribution in [0.15, 0.2) is 41.3 Å². The molecule has 0 radical (unpaired) electrons. The maximum atomic E-state index is 13.4. The summed E-state index contributed by atoms with van der Waals surface area (Å²) >= 11 is 1.52. The Morgan fingerprint density at radius 2 is 1.66 bits per heavy atom. The van der Waals surface area contributed by atoms with Crippen molar-refractivity contribution in [2.24, 2.45) is 0 Å². The first-order chi connectivity index (χ1) is 14.6. The molecule has 0 saturated heterocycles. The standard InChI is InChI=1S/C23H29N3O3S2.ClH/c1-6-25(7-2)12-13-26(22(27)18-8-10-19(11-9-18)31(5,28)29)23-24-20-15-16(3)14-17(4)21(20)30-23;/h8-11,14-15H,6-7,12-13H2,1-5H3;1H. The number of amides is 1. The van der Waals surface area contributed by atoms with Gasteiger partial charge in [0, 0.05) is 24.9 Å². The summed E-state index contributed by atoms with van der Waals surface area (Å²) < 4.78 is 24.6. The van der Waals surface area contributed by atoms with Crippen LogP contribution in [-0.2, 0) is 9.84 Å². The zero-order chi connectivity index (χ0) is 22.8. The van der Waals surface area contributed by atoms with E-state index < -0.39 is 9.84 Å². The van der Waals surface area contributed by atoms with Gasteiger partial charge < -0.3 is 4.90 Å². The fraction of sp³-hybridized carbons (Fsp3) is 0.391. The molecule has 2 aromatic carbocycles. The minimum atomic E-state index is -3.31. The van der Waals surface area contributed by atoms with Gasteiger partial charge in [-0.3, -0.25) is 9.69 Å². The van der Waals surface area contributed by atoms with E-state index in [1.165, 1.54) is 23.5 Å². The third kappa shape index (κ3) is 5.86. The molecule has 174 valence electrons. The zero-order valence-corrected chi connectivity index (χ0v) is 21.5. The van der Waals surface area contributed by atoms with Gasteiger partial charge in [0.1, 0.15) is 0 Å². The van der Waals surface area contributed by atoms with Gasteiger partial charge in [0.05, 0.1) is 15.1 Å². The lowest BCUT2D eigenvalue weighted by atomic mass is 10.1. The lowest BCUT2D eigenvalue weighted by Crippen LogP contribution is -2.38. The first-order valence-corrected chi connectivity index (χ1v) is 13.1. The van der Waals surface area contributed by atoms with Crippen LogP contribution in [0.2, 0.25) is 0 Å². The molecule has 1 heterocycles. The number of sulfone groups is 1. The molecule has 9 heteroatoms. The van der Waals surface area contributed by atoms with Crippen molar-refractivity contribution < 1.29 is 13.2 Å². The first kappa shape index (κ1) is 26.3. The van der Waals surface area contributed by atoms with Gasteiger partial charge in [-0.2, -0.15) is 0 Å². The average molecular weight is 496 g/mol. The second-order valence-electron chi connectivity index (χ2n) is 7.71. The zero-order valence-electron chi connectivity index (χ0n) is 19.1. The quantitative estimate of drug-likeness (QED) is 0.452. The third-order valence-electron chi connectivity index (χ3n) is 5.35. The molecule has 0 spiro atoms. The molecule has 3 rings (SSSR count). The van der Waals surface area contributed by atoms with Crippen molar-refractivity contribution in [3.63, 3.8) is 0 Å². The van der Waals surface area contributed by atoms with Gasteiger partial charge in [0.25, 0.3) is 5.91 Å². The van der Waals surface area contributed by atoms with Crippen molar-refractivity contribution in [1.29, 1.82) is 0 Å². The SMILES string of the molecule is CCN(CC)CCN(C(=O)c1ccc(S(C)(=O)=O)cc1)c1nc2cc(C)cc(C)c2s1.Cl. The van der Waals surface area contributed by atoms with Crippen molar-refractivity contribution in [2.75, 3.05) is 37.3 Å². The van der Waals surface area contributed by atoms with Gasteiger partial charge in [-0.05, 0) is 68.4 Å². The second kappa shape index (κ2) is 10.7. The normalized spacial score (nSPS) is 11.6. The summed E-state index contributed by atoms with van der Waals surface area (Å²) in [5.41, 5.74) is 3.62. The van der Waals surface area contributed by atoms with Crippen molar-refractivity contribution in [2.45, 2.75) is 32.6 Å². The van der Waals surface area contributed by atoms with Crippen LogP contribution in [-0.4, -0.2) is 56.6 Å². The molecule has 0 aliphatic rings. The summed E-state index contributed by atoms with van der Waals surface area (Å²) in [5, 5.41) is 0.660. The molecule has 0 aliphatic heterocycles. The van der Waals surface area contributed by atoms with Crippen molar-refractivity contribution >= 4 is 54.8 Å². The third-order valence-corrected chi connectivity index (χ3v) is 7.71. The molecular weight excluding hydrogens is 466 g/mol. The van der Waals surface area contributed by atoms with E-state index in [1.54, 1.807) is 17.0 Å².